The molecule has 1 aromatic rings. The summed E-state index contributed by atoms with van der Waals surface area (Å²) in [7, 11) is 0. The monoisotopic (exact) mass is 320 g/mol. The van der Waals surface area contributed by atoms with Gasteiger partial charge >= 0.3 is 72.2 Å². The van der Waals surface area contributed by atoms with Crippen LogP contribution in [0.1, 0.15) is 0 Å². The minimum Gasteiger partial charge on any atom is 0 e. The molecule has 0 aliphatic rings. The van der Waals surface area contributed by atoms with Gasteiger partial charge in [0.1, 0.15) is 0 Å². The molecule has 0 bridgehead atoms. The summed E-state index contributed by atoms with van der Waals surface area (Å²) >= 11 is 3.67. The van der Waals surface area contributed by atoms with Crippen molar-refractivity contribution >= 4 is 31.6 Å². The van der Waals surface area contributed by atoms with Gasteiger partial charge in [0.05, 0.1) is 0 Å². The topological polar surface area (TPSA) is 0 Å². The minimum absolute atomic E-state index is 0. The zero-order valence-corrected chi connectivity index (χ0v) is 10.8. The Balaban J connectivity index is 0.000001000. The standard InChI is InChI=1S/C8H11AsS.Pd/c1-9(2)7-5-3-4-6-8(7)10;/h3-6,10H,1-2H3;. The number of rotatable bonds is 1. The van der Waals surface area contributed by atoms with Gasteiger partial charge in [-0.3, -0.25) is 0 Å². The maximum Gasteiger partial charge on any atom is 0 e. The van der Waals surface area contributed by atoms with Crippen molar-refractivity contribution in [1.82, 2.24) is 0 Å². The summed E-state index contributed by atoms with van der Waals surface area (Å²) in [6.07, 6.45) is 0. The van der Waals surface area contributed by atoms with E-state index in [1.807, 2.05) is 6.07 Å². The zero-order valence-electron chi connectivity index (χ0n) is 6.52. The van der Waals surface area contributed by atoms with Crippen LogP contribution in [0.3, 0.4) is 0 Å². The number of thiol groups is 1. The van der Waals surface area contributed by atoms with Gasteiger partial charge < -0.3 is 0 Å². The molecule has 0 atom stereocenters. The first-order chi connectivity index (χ1) is 4.72. The molecule has 0 aromatic heterocycles. The Morgan fingerprint density at radius 2 is 1.73 bits per heavy atom. The van der Waals surface area contributed by atoms with Crippen LogP contribution in [0.2, 0.25) is 11.4 Å². The molecule has 0 aliphatic carbocycles. The van der Waals surface area contributed by atoms with Crippen LogP contribution in [-0.4, -0.2) is 14.7 Å². The summed E-state index contributed by atoms with van der Waals surface area (Å²) in [6, 6.07) is 8.36. The molecule has 0 spiro atoms. The summed E-state index contributed by atoms with van der Waals surface area (Å²) in [5, 5.41) is 0. The van der Waals surface area contributed by atoms with Crippen LogP contribution >= 0.6 is 12.6 Å². The Kier molecular flexibility index (Phi) is 5.83. The fraction of sp³-hybridized carbons (Fsp3) is 0.250. The minimum atomic E-state index is -0.706. The predicted octanol–water partition coefficient (Wildman–Crippen LogP) is 1.93. The molecule has 3 heteroatoms. The van der Waals surface area contributed by atoms with Crippen molar-refractivity contribution < 1.29 is 20.4 Å². The molecule has 0 fully saturated rings. The van der Waals surface area contributed by atoms with E-state index in [0.717, 1.165) is 4.90 Å². The Morgan fingerprint density at radius 3 is 2.09 bits per heavy atom. The summed E-state index contributed by atoms with van der Waals surface area (Å²) in [5.74, 6) is 0. The van der Waals surface area contributed by atoms with Crippen molar-refractivity contribution in [2.45, 2.75) is 16.3 Å². The van der Waals surface area contributed by atoms with Gasteiger partial charge in [-0.2, -0.15) is 0 Å². The zero-order chi connectivity index (χ0) is 7.56. The third kappa shape index (κ3) is 3.34. The maximum absolute atomic E-state index is 4.37. The fourth-order valence-corrected chi connectivity index (χ4v) is 3.97. The van der Waals surface area contributed by atoms with Gasteiger partial charge in [0, 0.05) is 20.4 Å². The molecule has 0 nitrogen and oxygen atoms in total. The van der Waals surface area contributed by atoms with E-state index < -0.39 is 14.7 Å². The van der Waals surface area contributed by atoms with Crippen molar-refractivity contribution in [2.75, 3.05) is 0 Å². The smallest absolute Gasteiger partial charge is 0 e. The summed E-state index contributed by atoms with van der Waals surface area (Å²) in [6.45, 7) is 0. The number of hydrogen-bond acceptors (Lipinski definition) is 1. The molecule has 1 rings (SSSR count). The van der Waals surface area contributed by atoms with Crippen LogP contribution in [0.15, 0.2) is 29.2 Å². The number of benzene rings is 1. The molecule has 0 heterocycles. The van der Waals surface area contributed by atoms with Gasteiger partial charge in [-0.25, -0.2) is 0 Å². The predicted molar refractivity (Wildman–Crippen MR) is 50.8 cm³/mol. The van der Waals surface area contributed by atoms with Crippen LogP contribution in [0.4, 0.5) is 0 Å². The van der Waals surface area contributed by atoms with Crippen LogP contribution in [-0.2, 0) is 20.4 Å². The first-order valence-corrected chi connectivity index (χ1v) is 8.31. The van der Waals surface area contributed by atoms with E-state index in [4.69, 9.17) is 0 Å². The van der Waals surface area contributed by atoms with Crippen LogP contribution in [0.25, 0.3) is 0 Å². The third-order valence-electron chi connectivity index (χ3n) is 1.36. The van der Waals surface area contributed by atoms with E-state index in [9.17, 15) is 0 Å². The van der Waals surface area contributed by atoms with E-state index in [1.165, 1.54) is 4.35 Å². The third-order valence-corrected chi connectivity index (χ3v) is 4.98. The van der Waals surface area contributed by atoms with Gasteiger partial charge in [0.2, 0.25) is 0 Å². The molecule has 0 amide bonds. The van der Waals surface area contributed by atoms with Crippen molar-refractivity contribution in [1.29, 1.82) is 0 Å². The van der Waals surface area contributed by atoms with E-state index in [1.54, 1.807) is 0 Å². The average molecular weight is 321 g/mol. The Bertz CT molecular complexity index is 225. The van der Waals surface area contributed by atoms with Gasteiger partial charge in [-0.15, -0.1) is 0 Å². The van der Waals surface area contributed by atoms with Crippen molar-refractivity contribution in [3.63, 3.8) is 0 Å². The first kappa shape index (κ1) is 11.8. The SMILES string of the molecule is C[As](C)c1ccccc1S.[Pd]. The van der Waals surface area contributed by atoms with E-state index >= 15 is 0 Å². The van der Waals surface area contributed by atoms with E-state index in [0.29, 0.717) is 0 Å². The molecule has 1 aromatic carbocycles. The molecular formula is C8H11AsPdS. The molecule has 0 saturated heterocycles. The van der Waals surface area contributed by atoms with Gasteiger partial charge in [0.15, 0.2) is 0 Å². The van der Waals surface area contributed by atoms with Gasteiger partial charge in [0.25, 0.3) is 0 Å². The maximum atomic E-state index is 4.37. The molecule has 11 heavy (non-hydrogen) atoms. The molecule has 0 N–H and O–H groups in total. The summed E-state index contributed by atoms with van der Waals surface area (Å²) in [4.78, 5) is 1.16. The van der Waals surface area contributed by atoms with Crippen molar-refractivity contribution in [3.05, 3.63) is 24.3 Å². The first-order valence-electron chi connectivity index (χ1n) is 3.17. The van der Waals surface area contributed by atoms with Crippen LogP contribution < -0.4 is 4.35 Å². The Hall–Kier alpha value is 0.791. The average Bonchev–Trinajstić information content (AvgIpc) is 1.88. The fourth-order valence-electron chi connectivity index (χ4n) is 0.842. The molecule has 0 unspecified atom stereocenters. The number of hydrogen-bond donors (Lipinski definition) is 1. The summed E-state index contributed by atoms with van der Waals surface area (Å²) < 4.78 is 1.47. The molecule has 64 valence electrons. The van der Waals surface area contributed by atoms with Crippen molar-refractivity contribution in [3.8, 4) is 0 Å². The Labute approximate surface area is 92.1 Å². The quantitative estimate of drug-likeness (QED) is 0.593. The summed E-state index contributed by atoms with van der Waals surface area (Å²) in [5.41, 5.74) is 4.64. The molecule has 0 radical (unpaired) electrons. The van der Waals surface area contributed by atoms with Crippen molar-refractivity contribution in [2.24, 2.45) is 0 Å². The van der Waals surface area contributed by atoms with E-state index in [2.05, 4.69) is 42.3 Å². The second-order valence-electron chi connectivity index (χ2n) is 2.38. The molecule has 0 saturated carbocycles. The molecular weight excluding hydrogens is 309 g/mol. The molecule has 0 aliphatic heterocycles. The Morgan fingerprint density at radius 1 is 1.18 bits per heavy atom. The van der Waals surface area contributed by atoms with E-state index in [-0.39, 0.29) is 20.4 Å². The van der Waals surface area contributed by atoms with Gasteiger partial charge in [-0.05, 0) is 0 Å². The van der Waals surface area contributed by atoms with Crippen LogP contribution in [0.5, 0.6) is 0 Å². The largest absolute Gasteiger partial charge is 0 e. The normalized spacial score (nSPS) is 9.45. The second kappa shape index (κ2) is 5.44. The van der Waals surface area contributed by atoms with Gasteiger partial charge in [-0.1, -0.05) is 0 Å². The second-order valence-corrected chi connectivity index (χ2v) is 7.63. The van der Waals surface area contributed by atoms with Crippen LogP contribution in [0, 0.1) is 0 Å².